The van der Waals surface area contributed by atoms with Crippen LogP contribution in [0.15, 0.2) is 71.8 Å². The second kappa shape index (κ2) is 6.79. The number of halogens is 1. The molecule has 5 rings (SSSR count). The molecule has 4 atom stereocenters. The maximum Gasteiger partial charge on any atom is 0.329 e. The first-order chi connectivity index (χ1) is 14.8. The van der Waals surface area contributed by atoms with Crippen molar-refractivity contribution in [1.82, 2.24) is 0 Å². The second-order valence-electron chi connectivity index (χ2n) is 9.35. The van der Waals surface area contributed by atoms with Gasteiger partial charge in [0, 0.05) is 16.2 Å². The minimum Gasteiger partial charge on any atom is -0.468 e. The Balaban J connectivity index is 1.76. The van der Waals surface area contributed by atoms with E-state index in [9.17, 15) is 9.00 Å². The maximum absolute atomic E-state index is 14.3. The summed E-state index contributed by atoms with van der Waals surface area (Å²) in [6.45, 7) is 4.02. The van der Waals surface area contributed by atoms with Crippen molar-refractivity contribution in [2.24, 2.45) is 5.41 Å². The summed E-state index contributed by atoms with van der Waals surface area (Å²) in [5.74, 6) is -0.449. The number of alkyl halides is 1. The van der Waals surface area contributed by atoms with E-state index in [4.69, 9.17) is 16.3 Å². The van der Waals surface area contributed by atoms with Crippen molar-refractivity contribution in [2.75, 3.05) is 7.11 Å². The quantitative estimate of drug-likeness (QED) is 0.363. The third-order valence-corrected chi connectivity index (χ3v) is 11.8. The zero-order chi connectivity index (χ0) is 22.1. The largest absolute Gasteiger partial charge is 0.468 e. The van der Waals surface area contributed by atoms with Crippen LogP contribution in [-0.4, -0.2) is 31.7 Å². The van der Waals surface area contributed by atoms with Gasteiger partial charge in [0.25, 0.3) is 0 Å². The molecule has 0 aromatic heterocycles. The number of carbonyl (C=O) groups excluding carboxylic acids is 1. The molecule has 1 spiro atoms. The fourth-order valence-corrected chi connectivity index (χ4v) is 10.2. The number of esters is 1. The molecule has 2 heterocycles. The minimum atomic E-state index is -1.35. The van der Waals surface area contributed by atoms with Gasteiger partial charge >= 0.3 is 5.97 Å². The zero-order valence-corrected chi connectivity index (χ0v) is 19.7. The number of rotatable bonds is 5. The Bertz CT molecular complexity index is 1110. The molecule has 2 aliphatic heterocycles. The summed E-state index contributed by atoms with van der Waals surface area (Å²) >= 11 is 7.33. The highest BCUT2D eigenvalue weighted by Crippen LogP contribution is 2.81. The summed E-state index contributed by atoms with van der Waals surface area (Å²) in [6, 6.07) is 20.5. The van der Waals surface area contributed by atoms with Crippen LogP contribution in [0, 0.1) is 5.41 Å². The van der Waals surface area contributed by atoms with E-state index in [1.165, 1.54) is 18.2 Å². The molecule has 2 aromatic rings. The van der Waals surface area contributed by atoms with Crippen molar-refractivity contribution in [3.05, 3.63) is 82.9 Å². The van der Waals surface area contributed by atoms with Gasteiger partial charge in [0.1, 0.15) is 0 Å². The number of hydrogen-bond donors (Lipinski definition) is 0. The molecule has 1 aliphatic carbocycles. The van der Waals surface area contributed by atoms with Crippen LogP contribution in [0.5, 0.6) is 0 Å². The summed E-state index contributed by atoms with van der Waals surface area (Å²) in [4.78, 5) is 11.9. The lowest BCUT2D eigenvalue weighted by atomic mass is 9.60. The number of methoxy groups -OCH3 is 1. The van der Waals surface area contributed by atoms with Gasteiger partial charge in [-0.1, -0.05) is 60.7 Å². The van der Waals surface area contributed by atoms with E-state index < -0.39 is 36.6 Å². The molecular formula is C26H27ClO3S. The third kappa shape index (κ3) is 2.36. The molecule has 2 unspecified atom stereocenters. The molecule has 2 fully saturated rings. The molecule has 0 N–H and O–H groups in total. The van der Waals surface area contributed by atoms with Gasteiger partial charge in [-0.3, -0.25) is 9.00 Å². The molecule has 1 saturated carbocycles. The maximum atomic E-state index is 14.3. The summed E-state index contributed by atoms with van der Waals surface area (Å²) in [7, 11) is 0.0383. The van der Waals surface area contributed by atoms with Crippen molar-refractivity contribution in [1.29, 1.82) is 0 Å². The van der Waals surface area contributed by atoms with Gasteiger partial charge < -0.3 is 4.74 Å². The predicted molar refractivity (Wildman–Crippen MR) is 125 cm³/mol. The summed E-state index contributed by atoms with van der Waals surface area (Å²) < 4.78 is 17.9. The standard InChI is InChI=1S/C26H27ClO3S/c1-23-20(16-18-10-6-4-7-11-18)21(17-19-12-8-5-9-13-19)24(2,31(23)29)26(27,22(28)30-3)25(23)14-15-25/h4-13H,14-17H2,1-3H3/t23-,24+,26?,31?/m1/s1. The van der Waals surface area contributed by atoms with E-state index in [-0.39, 0.29) is 0 Å². The molecule has 2 aromatic carbocycles. The zero-order valence-electron chi connectivity index (χ0n) is 18.1. The lowest BCUT2D eigenvalue weighted by Gasteiger charge is -2.46. The minimum absolute atomic E-state index is 0.449. The van der Waals surface area contributed by atoms with Crippen LogP contribution >= 0.6 is 11.6 Å². The van der Waals surface area contributed by atoms with Crippen molar-refractivity contribution in [3.63, 3.8) is 0 Å². The van der Waals surface area contributed by atoms with E-state index in [1.807, 2.05) is 43.3 Å². The van der Waals surface area contributed by atoms with Crippen LogP contribution in [0.2, 0.25) is 0 Å². The number of carbonyl (C=O) groups is 1. The molecule has 2 bridgehead atoms. The number of benzene rings is 2. The normalized spacial score (nSPS) is 34.9. The molecule has 1 saturated heterocycles. The van der Waals surface area contributed by atoms with Crippen LogP contribution in [-0.2, 0) is 33.2 Å². The topological polar surface area (TPSA) is 43.4 Å². The molecule has 3 nitrogen and oxygen atoms in total. The molecule has 162 valence electrons. The highest BCUT2D eigenvalue weighted by atomic mass is 35.5. The second-order valence-corrected chi connectivity index (χ2v) is 12.1. The molecular weight excluding hydrogens is 428 g/mol. The Kier molecular flexibility index (Phi) is 4.59. The Hall–Kier alpha value is -1.91. The van der Waals surface area contributed by atoms with Crippen molar-refractivity contribution in [2.45, 2.75) is 53.9 Å². The van der Waals surface area contributed by atoms with Crippen LogP contribution in [0.1, 0.15) is 37.8 Å². The van der Waals surface area contributed by atoms with Gasteiger partial charge in [-0.05, 0) is 61.8 Å². The first-order valence-electron chi connectivity index (χ1n) is 10.8. The summed E-state index contributed by atoms with van der Waals surface area (Å²) in [6.07, 6.45) is 2.93. The molecule has 0 radical (unpaired) electrons. The van der Waals surface area contributed by atoms with Crippen molar-refractivity contribution in [3.8, 4) is 0 Å². The molecule has 31 heavy (non-hydrogen) atoms. The van der Waals surface area contributed by atoms with Gasteiger partial charge in [0.05, 0.1) is 16.6 Å². The average molecular weight is 455 g/mol. The van der Waals surface area contributed by atoms with Gasteiger partial charge in [-0.15, -0.1) is 11.6 Å². The van der Waals surface area contributed by atoms with Gasteiger partial charge in [-0.25, -0.2) is 0 Å². The first-order valence-corrected chi connectivity index (χ1v) is 12.3. The van der Waals surface area contributed by atoms with E-state index in [2.05, 4.69) is 31.2 Å². The lowest BCUT2D eigenvalue weighted by Crippen LogP contribution is -2.60. The monoisotopic (exact) mass is 454 g/mol. The van der Waals surface area contributed by atoms with E-state index in [0.29, 0.717) is 6.42 Å². The van der Waals surface area contributed by atoms with Crippen LogP contribution in [0.25, 0.3) is 0 Å². The van der Waals surface area contributed by atoms with Crippen LogP contribution < -0.4 is 0 Å². The predicted octanol–water partition coefficient (Wildman–Crippen LogP) is 4.99. The smallest absolute Gasteiger partial charge is 0.329 e. The van der Waals surface area contributed by atoms with E-state index in [1.54, 1.807) is 0 Å². The first kappa shape index (κ1) is 21.0. The fraction of sp³-hybridized carbons (Fsp3) is 0.423. The average Bonchev–Trinajstić information content (AvgIpc) is 3.58. The number of hydrogen-bond acceptors (Lipinski definition) is 3. The Morgan fingerprint density at radius 3 is 1.77 bits per heavy atom. The third-order valence-electron chi connectivity index (χ3n) is 8.15. The van der Waals surface area contributed by atoms with Crippen molar-refractivity contribution >= 4 is 28.4 Å². The molecule has 0 amide bonds. The van der Waals surface area contributed by atoms with Crippen LogP contribution in [0.4, 0.5) is 0 Å². The number of fused-ring (bicyclic) bond motifs is 3. The SMILES string of the molecule is COC(=O)C1(Cl)C2(CC2)[C@@]2(C)C(Cc3ccccc3)=C(Cc3ccccc3)[C@]1(C)S2=O. The highest BCUT2D eigenvalue weighted by molar-refractivity contribution is 7.89. The summed E-state index contributed by atoms with van der Waals surface area (Å²) in [5, 5.41) is 0. The molecule has 3 aliphatic rings. The van der Waals surface area contributed by atoms with Gasteiger partial charge in [0.2, 0.25) is 0 Å². The van der Waals surface area contributed by atoms with E-state index in [0.717, 1.165) is 30.4 Å². The highest BCUT2D eigenvalue weighted by Gasteiger charge is 2.90. The van der Waals surface area contributed by atoms with E-state index >= 15 is 0 Å². The Labute approximate surface area is 191 Å². The fourth-order valence-electron chi connectivity index (χ4n) is 6.42. The Morgan fingerprint density at radius 2 is 1.35 bits per heavy atom. The Morgan fingerprint density at radius 1 is 0.903 bits per heavy atom. The lowest BCUT2D eigenvalue weighted by molar-refractivity contribution is -0.147. The van der Waals surface area contributed by atoms with Gasteiger partial charge in [0.15, 0.2) is 4.87 Å². The van der Waals surface area contributed by atoms with Crippen LogP contribution in [0.3, 0.4) is 0 Å². The molecule has 5 heteroatoms. The van der Waals surface area contributed by atoms with Gasteiger partial charge in [-0.2, -0.15) is 0 Å². The van der Waals surface area contributed by atoms with Crippen molar-refractivity contribution < 1.29 is 13.7 Å². The number of ether oxygens (including phenoxy) is 1. The summed E-state index contributed by atoms with van der Waals surface area (Å²) in [5.41, 5.74) is 4.03.